The van der Waals surface area contributed by atoms with E-state index in [2.05, 4.69) is 0 Å². The summed E-state index contributed by atoms with van der Waals surface area (Å²) in [5.74, 6) is -0.806. The highest BCUT2D eigenvalue weighted by atomic mass is 16.7. The molecular weight excluding hydrogens is 304 g/mol. The summed E-state index contributed by atoms with van der Waals surface area (Å²) in [5, 5.41) is 19.6. The number of hydrogen-bond acceptors (Lipinski definition) is 7. The molecule has 0 aliphatic carbocycles. The van der Waals surface area contributed by atoms with Gasteiger partial charge in [-0.15, -0.1) is 0 Å². The number of aliphatic hydroxyl groups excluding tert-OH is 2. The maximum absolute atomic E-state index is 11.8. The lowest BCUT2D eigenvalue weighted by molar-refractivity contribution is -0.249. The van der Waals surface area contributed by atoms with Crippen LogP contribution < -0.4 is 0 Å². The average Bonchev–Trinajstić information content (AvgIpc) is 2.51. The predicted molar refractivity (Wildman–Crippen MR) is 81.4 cm³/mol. The van der Waals surface area contributed by atoms with E-state index in [9.17, 15) is 19.8 Å². The van der Waals surface area contributed by atoms with Crippen LogP contribution >= 0.6 is 0 Å². The van der Waals surface area contributed by atoms with Gasteiger partial charge in [0, 0.05) is 19.3 Å². The number of unbranched alkanes of at least 4 members (excludes halogenated alkanes) is 2. The first kappa shape index (κ1) is 19.9. The second-order valence-electron chi connectivity index (χ2n) is 5.78. The van der Waals surface area contributed by atoms with Gasteiger partial charge in [-0.3, -0.25) is 9.59 Å². The Morgan fingerprint density at radius 2 is 1.70 bits per heavy atom. The summed E-state index contributed by atoms with van der Waals surface area (Å²) in [5.41, 5.74) is 0. The van der Waals surface area contributed by atoms with Gasteiger partial charge in [-0.05, 0) is 12.8 Å². The normalized spacial score (nSPS) is 27.5. The fraction of sp³-hybridized carbons (Fsp3) is 0.875. The summed E-state index contributed by atoms with van der Waals surface area (Å²) in [7, 11) is 0. The van der Waals surface area contributed by atoms with Gasteiger partial charge in [0.2, 0.25) is 0 Å². The van der Waals surface area contributed by atoms with E-state index in [-0.39, 0.29) is 25.4 Å². The van der Waals surface area contributed by atoms with Crippen molar-refractivity contribution in [1.29, 1.82) is 0 Å². The lowest BCUT2D eigenvalue weighted by atomic mass is 10.0. The highest BCUT2D eigenvalue weighted by Gasteiger charge is 2.40. The Bertz CT molecular complexity index is 371. The zero-order valence-corrected chi connectivity index (χ0v) is 13.9. The van der Waals surface area contributed by atoms with Gasteiger partial charge in [0.1, 0.15) is 12.7 Å². The molecule has 1 heterocycles. The molecule has 1 saturated heterocycles. The molecule has 134 valence electrons. The van der Waals surface area contributed by atoms with Crippen molar-refractivity contribution in [1.82, 2.24) is 0 Å². The minimum atomic E-state index is -1.17. The molecular formula is C16H28O7. The molecule has 1 aliphatic heterocycles. The van der Waals surface area contributed by atoms with Crippen molar-refractivity contribution < 1.29 is 34.0 Å². The van der Waals surface area contributed by atoms with E-state index in [1.807, 2.05) is 13.8 Å². The van der Waals surface area contributed by atoms with Crippen molar-refractivity contribution in [2.24, 2.45) is 0 Å². The molecule has 7 nitrogen and oxygen atoms in total. The van der Waals surface area contributed by atoms with Gasteiger partial charge in [-0.1, -0.05) is 26.7 Å². The Hall–Kier alpha value is -1.18. The Kier molecular flexibility index (Phi) is 9.13. The molecule has 1 fully saturated rings. The first-order chi connectivity index (χ1) is 11.0. The molecule has 23 heavy (non-hydrogen) atoms. The summed E-state index contributed by atoms with van der Waals surface area (Å²) in [4.78, 5) is 23.3. The molecule has 1 rings (SSSR count). The Morgan fingerprint density at radius 1 is 1.09 bits per heavy atom. The van der Waals surface area contributed by atoms with Crippen LogP contribution in [0.1, 0.15) is 58.8 Å². The van der Waals surface area contributed by atoms with Crippen molar-refractivity contribution >= 4 is 11.9 Å². The monoisotopic (exact) mass is 332 g/mol. The van der Waals surface area contributed by atoms with Gasteiger partial charge >= 0.3 is 11.9 Å². The summed E-state index contributed by atoms with van der Waals surface area (Å²) >= 11 is 0. The number of rotatable bonds is 9. The van der Waals surface area contributed by atoms with Crippen LogP contribution in [-0.4, -0.2) is 53.4 Å². The molecule has 0 spiro atoms. The van der Waals surface area contributed by atoms with Crippen molar-refractivity contribution in [3.8, 4) is 0 Å². The molecule has 1 aliphatic rings. The van der Waals surface area contributed by atoms with Crippen LogP contribution in [-0.2, 0) is 23.8 Å². The fourth-order valence-corrected chi connectivity index (χ4v) is 2.31. The quantitative estimate of drug-likeness (QED) is 0.613. The van der Waals surface area contributed by atoms with Gasteiger partial charge in [0.25, 0.3) is 0 Å². The van der Waals surface area contributed by atoms with Crippen molar-refractivity contribution in [2.75, 3.05) is 6.61 Å². The molecule has 0 radical (unpaired) electrons. The van der Waals surface area contributed by atoms with Crippen LogP contribution in [0, 0.1) is 0 Å². The SMILES string of the molecule is CCCCC(=O)OCC1OC(O)CC(O)C1OC(=O)CCCC. The van der Waals surface area contributed by atoms with Gasteiger partial charge in [0.05, 0.1) is 6.10 Å². The average molecular weight is 332 g/mol. The molecule has 4 atom stereocenters. The molecule has 0 aromatic heterocycles. The minimum Gasteiger partial charge on any atom is -0.463 e. The van der Waals surface area contributed by atoms with E-state index in [1.54, 1.807) is 0 Å². The van der Waals surface area contributed by atoms with Gasteiger partial charge in [0.15, 0.2) is 12.4 Å². The van der Waals surface area contributed by atoms with Crippen molar-refractivity contribution in [3.05, 3.63) is 0 Å². The van der Waals surface area contributed by atoms with Crippen LogP contribution in [0.5, 0.6) is 0 Å². The summed E-state index contributed by atoms with van der Waals surface area (Å²) in [6.45, 7) is 3.76. The maximum atomic E-state index is 11.8. The van der Waals surface area contributed by atoms with E-state index in [0.29, 0.717) is 12.8 Å². The smallest absolute Gasteiger partial charge is 0.306 e. The van der Waals surface area contributed by atoms with Crippen LogP contribution in [0.4, 0.5) is 0 Å². The largest absolute Gasteiger partial charge is 0.463 e. The molecule has 0 bridgehead atoms. The van der Waals surface area contributed by atoms with E-state index in [1.165, 1.54) is 0 Å². The summed E-state index contributed by atoms with van der Waals surface area (Å²) < 4.78 is 15.6. The van der Waals surface area contributed by atoms with Crippen molar-refractivity contribution in [2.45, 2.75) is 83.4 Å². The van der Waals surface area contributed by atoms with E-state index >= 15 is 0 Å². The predicted octanol–water partition coefficient (Wildman–Crippen LogP) is 1.29. The molecule has 0 amide bonds. The fourth-order valence-electron chi connectivity index (χ4n) is 2.31. The first-order valence-electron chi connectivity index (χ1n) is 8.34. The van der Waals surface area contributed by atoms with E-state index in [0.717, 1.165) is 19.3 Å². The van der Waals surface area contributed by atoms with Gasteiger partial charge in [-0.25, -0.2) is 0 Å². The van der Waals surface area contributed by atoms with Gasteiger partial charge in [-0.2, -0.15) is 0 Å². The van der Waals surface area contributed by atoms with Crippen LogP contribution in [0.2, 0.25) is 0 Å². The third-order valence-corrected chi connectivity index (χ3v) is 3.67. The topological polar surface area (TPSA) is 102 Å². The van der Waals surface area contributed by atoms with E-state index < -0.39 is 30.6 Å². The van der Waals surface area contributed by atoms with Crippen molar-refractivity contribution in [3.63, 3.8) is 0 Å². The number of ether oxygens (including phenoxy) is 3. The highest BCUT2D eigenvalue weighted by Crippen LogP contribution is 2.23. The maximum Gasteiger partial charge on any atom is 0.306 e. The first-order valence-corrected chi connectivity index (χ1v) is 8.34. The molecule has 4 unspecified atom stereocenters. The van der Waals surface area contributed by atoms with Crippen LogP contribution in [0.3, 0.4) is 0 Å². The summed E-state index contributed by atoms with van der Waals surface area (Å²) in [6.07, 6.45) is -0.371. The Morgan fingerprint density at radius 3 is 2.30 bits per heavy atom. The molecule has 2 N–H and O–H groups in total. The number of aliphatic hydroxyl groups is 2. The number of carbonyl (C=O) groups excluding carboxylic acids is 2. The minimum absolute atomic E-state index is 0.0496. The number of carbonyl (C=O) groups is 2. The molecule has 0 aromatic carbocycles. The zero-order valence-electron chi connectivity index (χ0n) is 13.9. The zero-order chi connectivity index (χ0) is 17.2. The third-order valence-electron chi connectivity index (χ3n) is 3.67. The third kappa shape index (κ3) is 7.28. The number of esters is 2. The Balaban J connectivity index is 2.55. The van der Waals surface area contributed by atoms with Crippen LogP contribution in [0.25, 0.3) is 0 Å². The summed E-state index contributed by atoms with van der Waals surface area (Å²) in [6, 6.07) is 0. The molecule has 0 aromatic rings. The van der Waals surface area contributed by atoms with Gasteiger partial charge < -0.3 is 24.4 Å². The lowest BCUT2D eigenvalue weighted by Crippen LogP contribution is -2.52. The second kappa shape index (κ2) is 10.6. The number of hydrogen-bond donors (Lipinski definition) is 2. The van der Waals surface area contributed by atoms with Crippen LogP contribution in [0.15, 0.2) is 0 Å². The second-order valence-corrected chi connectivity index (χ2v) is 5.78. The Labute approximate surface area is 136 Å². The molecule has 0 saturated carbocycles. The highest BCUT2D eigenvalue weighted by molar-refractivity contribution is 5.70. The molecule has 7 heteroatoms. The standard InChI is InChI=1S/C16H28O7/c1-3-5-7-13(18)21-10-12-16(11(17)9-15(20)22-12)23-14(19)8-6-4-2/h11-12,15-17,20H,3-10H2,1-2H3. The van der Waals surface area contributed by atoms with E-state index in [4.69, 9.17) is 14.2 Å². The lowest BCUT2D eigenvalue weighted by Gasteiger charge is -2.36.